The molecule has 2 aliphatic heterocycles. The number of ether oxygens (including phenoxy) is 2. The number of carbonyl (C=O) groups is 2. The van der Waals surface area contributed by atoms with Crippen LogP contribution in [0.5, 0.6) is 5.75 Å². The maximum Gasteiger partial charge on any atom is 0.237 e. The fraction of sp³-hybridized carbons (Fsp3) is 0.579. The summed E-state index contributed by atoms with van der Waals surface area (Å²) in [6, 6.07) is 7.50. The Morgan fingerprint density at radius 1 is 1.38 bits per heavy atom. The van der Waals surface area contributed by atoms with E-state index in [0.717, 1.165) is 30.7 Å². The van der Waals surface area contributed by atoms with Gasteiger partial charge in [0.05, 0.1) is 19.6 Å². The zero-order valence-corrected chi connectivity index (χ0v) is 15.2. The van der Waals surface area contributed by atoms with Crippen molar-refractivity contribution in [2.24, 2.45) is 0 Å². The number of methoxy groups -OCH3 is 1. The molecule has 0 aliphatic carbocycles. The maximum absolute atomic E-state index is 12.4. The van der Waals surface area contributed by atoms with E-state index < -0.39 is 6.04 Å². The van der Waals surface area contributed by atoms with E-state index in [-0.39, 0.29) is 24.3 Å². The largest absolute Gasteiger partial charge is 0.497 e. The quantitative estimate of drug-likeness (QED) is 0.779. The third kappa shape index (κ3) is 4.95. The van der Waals surface area contributed by atoms with Crippen LogP contribution in [-0.4, -0.2) is 62.2 Å². The van der Waals surface area contributed by atoms with Crippen molar-refractivity contribution < 1.29 is 19.1 Å². The highest BCUT2D eigenvalue weighted by Gasteiger charge is 2.32. The molecule has 2 heterocycles. The molecule has 0 aromatic heterocycles. The van der Waals surface area contributed by atoms with Gasteiger partial charge in [0.2, 0.25) is 11.8 Å². The van der Waals surface area contributed by atoms with Crippen molar-refractivity contribution in [3.8, 4) is 5.75 Å². The minimum absolute atomic E-state index is 0.0745. The molecule has 0 bridgehead atoms. The highest BCUT2D eigenvalue weighted by atomic mass is 16.5. The Hall–Kier alpha value is -2.12. The minimum Gasteiger partial charge on any atom is -0.497 e. The monoisotopic (exact) mass is 361 g/mol. The Kier molecular flexibility index (Phi) is 6.46. The normalized spacial score (nSPS) is 21.9. The summed E-state index contributed by atoms with van der Waals surface area (Å²) in [5.74, 6) is 0.633. The van der Waals surface area contributed by atoms with Crippen molar-refractivity contribution in [1.82, 2.24) is 15.5 Å². The SMILES string of the molecule is COc1cccc(CN2CCNC(=O)C2CC(=O)NC2CCOCC2)c1. The number of rotatable bonds is 6. The van der Waals surface area contributed by atoms with E-state index in [1.807, 2.05) is 24.3 Å². The molecule has 3 rings (SSSR count). The number of hydrogen-bond acceptors (Lipinski definition) is 5. The van der Waals surface area contributed by atoms with Crippen molar-refractivity contribution >= 4 is 11.8 Å². The average molecular weight is 361 g/mol. The van der Waals surface area contributed by atoms with Crippen LogP contribution in [0.3, 0.4) is 0 Å². The van der Waals surface area contributed by atoms with Gasteiger partial charge in [0, 0.05) is 38.9 Å². The summed E-state index contributed by atoms with van der Waals surface area (Å²) in [6.07, 6.45) is 1.83. The number of amides is 2. The molecule has 0 spiro atoms. The lowest BCUT2D eigenvalue weighted by Crippen LogP contribution is -2.56. The van der Waals surface area contributed by atoms with Crippen molar-refractivity contribution in [1.29, 1.82) is 0 Å². The van der Waals surface area contributed by atoms with E-state index in [2.05, 4.69) is 15.5 Å². The molecule has 2 saturated heterocycles. The molecule has 1 atom stereocenters. The van der Waals surface area contributed by atoms with Gasteiger partial charge in [-0.3, -0.25) is 14.5 Å². The highest BCUT2D eigenvalue weighted by Crippen LogP contribution is 2.18. The van der Waals surface area contributed by atoms with Gasteiger partial charge >= 0.3 is 0 Å². The lowest BCUT2D eigenvalue weighted by Gasteiger charge is -2.35. The van der Waals surface area contributed by atoms with E-state index in [1.165, 1.54) is 0 Å². The van der Waals surface area contributed by atoms with Crippen LogP contribution in [0.1, 0.15) is 24.8 Å². The van der Waals surface area contributed by atoms with Gasteiger partial charge in [-0.2, -0.15) is 0 Å². The Morgan fingerprint density at radius 2 is 2.19 bits per heavy atom. The molecule has 1 unspecified atom stereocenters. The van der Waals surface area contributed by atoms with Gasteiger partial charge in [-0.25, -0.2) is 0 Å². The summed E-state index contributed by atoms with van der Waals surface area (Å²) in [5, 5.41) is 5.92. The second-order valence-electron chi connectivity index (χ2n) is 6.79. The third-order valence-electron chi connectivity index (χ3n) is 4.93. The molecule has 7 nitrogen and oxygen atoms in total. The molecule has 7 heteroatoms. The summed E-state index contributed by atoms with van der Waals surface area (Å²) in [7, 11) is 1.64. The summed E-state index contributed by atoms with van der Waals surface area (Å²) in [4.78, 5) is 26.9. The topological polar surface area (TPSA) is 79.9 Å². The van der Waals surface area contributed by atoms with Crippen molar-refractivity contribution in [3.63, 3.8) is 0 Å². The van der Waals surface area contributed by atoms with Crippen molar-refractivity contribution in [2.75, 3.05) is 33.4 Å². The fourth-order valence-corrected chi connectivity index (χ4v) is 3.48. The van der Waals surface area contributed by atoms with E-state index in [9.17, 15) is 9.59 Å². The number of hydrogen-bond donors (Lipinski definition) is 2. The first kappa shape index (κ1) is 18.7. The average Bonchev–Trinajstić information content (AvgIpc) is 2.65. The first-order chi connectivity index (χ1) is 12.7. The summed E-state index contributed by atoms with van der Waals surface area (Å²) in [6.45, 7) is 3.28. The molecule has 2 N–H and O–H groups in total. The van der Waals surface area contributed by atoms with Crippen LogP contribution in [0.25, 0.3) is 0 Å². The predicted octanol–water partition coefficient (Wildman–Crippen LogP) is 0.681. The second kappa shape index (κ2) is 9.00. The standard InChI is InChI=1S/C19H27N3O4/c1-25-16-4-2-3-14(11-16)13-22-8-7-20-19(24)17(22)12-18(23)21-15-5-9-26-10-6-15/h2-4,11,15,17H,5-10,12-13H2,1H3,(H,20,24)(H,21,23). The van der Waals surface area contributed by atoms with Crippen LogP contribution < -0.4 is 15.4 Å². The lowest BCUT2D eigenvalue weighted by molar-refractivity contribution is -0.134. The minimum atomic E-state index is -0.449. The van der Waals surface area contributed by atoms with Gasteiger partial charge in [-0.1, -0.05) is 12.1 Å². The molecule has 2 fully saturated rings. The Balaban J connectivity index is 1.61. The van der Waals surface area contributed by atoms with Crippen LogP contribution in [0.2, 0.25) is 0 Å². The molecule has 1 aromatic rings. The summed E-state index contributed by atoms with van der Waals surface area (Å²) < 4.78 is 10.6. The number of nitrogens with one attached hydrogen (secondary N) is 2. The Morgan fingerprint density at radius 3 is 2.96 bits per heavy atom. The van der Waals surface area contributed by atoms with Crippen molar-refractivity contribution in [3.05, 3.63) is 29.8 Å². The molecule has 2 amide bonds. The second-order valence-corrected chi connectivity index (χ2v) is 6.79. The van der Waals surface area contributed by atoms with Gasteiger partial charge in [0.25, 0.3) is 0 Å². The molecular formula is C19H27N3O4. The van der Waals surface area contributed by atoms with Crippen LogP contribution in [0, 0.1) is 0 Å². The van der Waals surface area contributed by atoms with Gasteiger partial charge in [-0.15, -0.1) is 0 Å². The first-order valence-electron chi connectivity index (χ1n) is 9.17. The molecule has 2 aliphatic rings. The molecule has 0 radical (unpaired) electrons. The molecule has 1 aromatic carbocycles. The number of nitrogens with zero attached hydrogens (tertiary/aromatic N) is 1. The van der Waals surface area contributed by atoms with Crippen LogP contribution in [-0.2, 0) is 20.9 Å². The summed E-state index contributed by atoms with van der Waals surface area (Å²) in [5.41, 5.74) is 1.06. The molecule has 0 saturated carbocycles. The van der Waals surface area contributed by atoms with Crippen LogP contribution in [0.4, 0.5) is 0 Å². The van der Waals surface area contributed by atoms with E-state index in [4.69, 9.17) is 9.47 Å². The van der Waals surface area contributed by atoms with Crippen molar-refractivity contribution in [2.45, 2.75) is 37.9 Å². The fourth-order valence-electron chi connectivity index (χ4n) is 3.48. The van der Waals surface area contributed by atoms with E-state index >= 15 is 0 Å². The Labute approximate surface area is 154 Å². The van der Waals surface area contributed by atoms with Gasteiger partial charge in [-0.05, 0) is 30.5 Å². The van der Waals surface area contributed by atoms with Gasteiger partial charge in [0.15, 0.2) is 0 Å². The highest BCUT2D eigenvalue weighted by molar-refractivity contribution is 5.88. The molecule has 26 heavy (non-hydrogen) atoms. The summed E-state index contributed by atoms with van der Waals surface area (Å²) >= 11 is 0. The third-order valence-corrected chi connectivity index (χ3v) is 4.93. The number of carbonyl (C=O) groups excluding carboxylic acids is 2. The lowest BCUT2D eigenvalue weighted by atomic mass is 10.0. The Bertz CT molecular complexity index is 631. The molecule has 142 valence electrons. The number of benzene rings is 1. The molecular weight excluding hydrogens is 334 g/mol. The smallest absolute Gasteiger partial charge is 0.237 e. The van der Waals surface area contributed by atoms with E-state index in [0.29, 0.717) is 26.3 Å². The van der Waals surface area contributed by atoms with Gasteiger partial charge in [0.1, 0.15) is 5.75 Å². The van der Waals surface area contributed by atoms with Gasteiger partial charge < -0.3 is 20.1 Å². The first-order valence-corrected chi connectivity index (χ1v) is 9.17. The predicted molar refractivity (Wildman–Crippen MR) is 96.8 cm³/mol. The number of piperazine rings is 1. The van der Waals surface area contributed by atoms with Crippen LogP contribution in [0.15, 0.2) is 24.3 Å². The van der Waals surface area contributed by atoms with E-state index in [1.54, 1.807) is 7.11 Å². The zero-order chi connectivity index (χ0) is 18.4. The zero-order valence-electron chi connectivity index (χ0n) is 15.2. The van der Waals surface area contributed by atoms with Crippen LogP contribution >= 0.6 is 0 Å². The maximum atomic E-state index is 12.4.